The standard InChI is InChI=1S/C26H26O4/c1-2-3-16-29-26(27)25-19(15-17-28-21-10-5-4-6-11-21)13-14-24-22(25)18-20-9-7-8-12-23(20)30-24/h4-14H,2-3,15-18H2,1H3. The third-order valence-electron chi connectivity index (χ3n) is 5.23. The highest BCUT2D eigenvalue weighted by Gasteiger charge is 2.26. The second kappa shape index (κ2) is 9.49. The Hall–Kier alpha value is -3.27. The second-order valence-corrected chi connectivity index (χ2v) is 7.36. The molecule has 154 valence electrons. The minimum absolute atomic E-state index is 0.280. The number of rotatable bonds is 8. The van der Waals surface area contributed by atoms with E-state index in [1.807, 2.05) is 66.7 Å². The van der Waals surface area contributed by atoms with Gasteiger partial charge in [0, 0.05) is 18.4 Å². The molecule has 4 heteroatoms. The van der Waals surface area contributed by atoms with Crippen LogP contribution in [0.5, 0.6) is 17.2 Å². The summed E-state index contributed by atoms with van der Waals surface area (Å²) in [4.78, 5) is 13.0. The molecule has 0 atom stereocenters. The lowest BCUT2D eigenvalue weighted by Crippen LogP contribution is -2.17. The molecule has 0 fully saturated rings. The van der Waals surface area contributed by atoms with E-state index in [4.69, 9.17) is 14.2 Å². The molecule has 0 saturated heterocycles. The number of benzene rings is 3. The fourth-order valence-electron chi connectivity index (χ4n) is 3.65. The molecular weight excluding hydrogens is 376 g/mol. The average Bonchev–Trinajstić information content (AvgIpc) is 2.78. The lowest BCUT2D eigenvalue weighted by Gasteiger charge is -2.24. The quantitative estimate of drug-likeness (QED) is 0.269. The van der Waals surface area contributed by atoms with Gasteiger partial charge in [0.15, 0.2) is 0 Å². The Balaban J connectivity index is 1.60. The molecule has 0 radical (unpaired) electrons. The first kappa shape index (κ1) is 20.0. The van der Waals surface area contributed by atoms with Gasteiger partial charge >= 0.3 is 5.97 Å². The summed E-state index contributed by atoms with van der Waals surface area (Å²) < 4.78 is 17.5. The van der Waals surface area contributed by atoms with Crippen molar-refractivity contribution in [1.29, 1.82) is 0 Å². The van der Waals surface area contributed by atoms with Gasteiger partial charge in [-0.1, -0.05) is 55.8 Å². The van der Waals surface area contributed by atoms with Crippen LogP contribution in [0.15, 0.2) is 66.7 Å². The molecule has 4 nitrogen and oxygen atoms in total. The summed E-state index contributed by atoms with van der Waals surface area (Å²) in [7, 11) is 0. The summed E-state index contributed by atoms with van der Waals surface area (Å²) in [6, 6.07) is 21.5. The highest BCUT2D eigenvalue weighted by molar-refractivity contribution is 5.94. The predicted molar refractivity (Wildman–Crippen MR) is 117 cm³/mol. The molecule has 0 bridgehead atoms. The Morgan fingerprint density at radius 1 is 0.933 bits per heavy atom. The van der Waals surface area contributed by atoms with Crippen LogP contribution in [-0.4, -0.2) is 19.2 Å². The van der Waals surface area contributed by atoms with Crippen molar-refractivity contribution in [2.75, 3.05) is 13.2 Å². The zero-order valence-corrected chi connectivity index (χ0v) is 17.2. The number of hydrogen-bond donors (Lipinski definition) is 0. The first-order valence-electron chi connectivity index (χ1n) is 10.5. The number of ether oxygens (including phenoxy) is 3. The van der Waals surface area contributed by atoms with E-state index < -0.39 is 0 Å². The van der Waals surface area contributed by atoms with Crippen molar-refractivity contribution in [3.05, 3.63) is 89.0 Å². The van der Waals surface area contributed by atoms with Crippen LogP contribution in [0.4, 0.5) is 0 Å². The van der Waals surface area contributed by atoms with E-state index in [-0.39, 0.29) is 5.97 Å². The fourth-order valence-corrected chi connectivity index (χ4v) is 3.65. The van der Waals surface area contributed by atoms with Gasteiger partial charge in [-0.25, -0.2) is 4.79 Å². The number of carbonyl (C=O) groups is 1. The van der Waals surface area contributed by atoms with Crippen LogP contribution in [0.1, 0.15) is 46.8 Å². The van der Waals surface area contributed by atoms with E-state index in [0.29, 0.717) is 31.6 Å². The molecule has 30 heavy (non-hydrogen) atoms. The first-order valence-corrected chi connectivity index (χ1v) is 10.5. The number of esters is 1. The van der Waals surface area contributed by atoms with Crippen molar-refractivity contribution in [3.8, 4) is 17.2 Å². The van der Waals surface area contributed by atoms with Gasteiger partial charge in [-0.15, -0.1) is 0 Å². The second-order valence-electron chi connectivity index (χ2n) is 7.36. The van der Waals surface area contributed by atoms with Gasteiger partial charge < -0.3 is 14.2 Å². The molecular formula is C26H26O4. The van der Waals surface area contributed by atoms with E-state index in [0.717, 1.165) is 46.8 Å². The molecule has 0 unspecified atom stereocenters. The largest absolute Gasteiger partial charge is 0.493 e. The Kier molecular flexibility index (Phi) is 6.33. The van der Waals surface area contributed by atoms with Gasteiger partial charge in [-0.05, 0) is 41.8 Å². The predicted octanol–water partition coefficient (Wildman–Crippen LogP) is 5.96. The van der Waals surface area contributed by atoms with Gasteiger partial charge in [0.2, 0.25) is 0 Å². The van der Waals surface area contributed by atoms with Gasteiger partial charge in [-0.2, -0.15) is 0 Å². The highest BCUT2D eigenvalue weighted by atomic mass is 16.5. The van der Waals surface area contributed by atoms with Crippen molar-refractivity contribution in [1.82, 2.24) is 0 Å². The van der Waals surface area contributed by atoms with Crippen LogP contribution in [-0.2, 0) is 17.6 Å². The van der Waals surface area contributed by atoms with Gasteiger partial charge in [0.1, 0.15) is 17.2 Å². The molecule has 1 heterocycles. The normalized spacial score (nSPS) is 11.8. The maximum atomic E-state index is 13.0. The maximum Gasteiger partial charge on any atom is 0.338 e. The fraction of sp³-hybridized carbons (Fsp3) is 0.269. The molecule has 3 aromatic carbocycles. The van der Waals surface area contributed by atoms with Crippen LogP contribution in [0, 0.1) is 0 Å². The molecule has 0 aromatic heterocycles. The minimum Gasteiger partial charge on any atom is -0.493 e. The van der Waals surface area contributed by atoms with E-state index in [9.17, 15) is 4.79 Å². The zero-order valence-electron chi connectivity index (χ0n) is 17.2. The lowest BCUT2D eigenvalue weighted by molar-refractivity contribution is 0.0496. The van der Waals surface area contributed by atoms with Gasteiger partial charge in [-0.3, -0.25) is 0 Å². The third kappa shape index (κ3) is 4.48. The molecule has 1 aliphatic rings. The van der Waals surface area contributed by atoms with Crippen molar-refractivity contribution >= 4 is 5.97 Å². The number of hydrogen-bond acceptors (Lipinski definition) is 4. The average molecular weight is 402 g/mol. The minimum atomic E-state index is -0.280. The Morgan fingerprint density at radius 3 is 2.57 bits per heavy atom. The zero-order chi connectivity index (χ0) is 20.8. The molecule has 0 N–H and O–H groups in total. The lowest BCUT2D eigenvalue weighted by atomic mass is 9.91. The van der Waals surface area contributed by atoms with Crippen LogP contribution in [0.25, 0.3) is 0 Å². The van der Waals surface area contributed by atoms with Crippen molar-refractivity contribution in [2.24, 2.45) is 0 Å². The van der Waals surface area contributed by atoms with E-state index in [2.05, 4.69) is 6.92 Å². The van der Waals surface area contributed by atoms with Crippen molar-refractivity contribution in [3.63, 3.8) is 0 Å². The molecule has 0 spiro atoms. The molecule has 4 rings (SSSR count). The van der Waals surface area contributed by atoms with Crippen LogP contribution in [0.3, 0.4) is 0 Å². The Labute approximate surface area is 177 Å². The Bertz CT molecular complexity index is 1010. The SMILES string of the molecule is CCCCOC(=O)c1c(CCOc2ccccc2)ccc2c1Cc1ccccc1O2. The van der Waals surface area contributed by atoms with Crippen LogP contribution in [0.2, 0.25) is 0 Å². The van der Waals surface area contributed by atoms with Gasteiger partial charge in [0.25, 0.3) is 0 Å². The number of carbonyl (C=O) groups excluding carboxylic acids is 1. The van der Waals surface area contributed by atoms with Crippen LogP contribution >= 0.6 is 0 Å². The van der Waals surface area contributed by atoms with Crippen molar-refractivity contribution in [2.45, 2.75) is 32.6 Å². The summed E-state index contributed by atoms with van der Waals surface area (Å²) >= 11 is 0. The van der Waals surface area contributed by atoms with Gasteiger partial charge in [0.05, 0.1) is 18.8 Å². The monoisotopic (exact) mass is 402 g/mol. The summed E-state index contributed by atoms with van der Waals surface area (Å²) in [5.41, 5.74) is 3.52. The van der Waals surface area contributed by atoms with E-state index in [1.165, 1.54) is 0 Å². The van der Waals surface area contributed by atoms with Crippen LogP contribution < -0.4 is 9.47 Å². The summed E-state index contributed by atoms with van der Waals surface area (Å²) in [6.07, 6.45) is 3.10. The molecule has 0 aliphatic carbocycles. The number of fused-ring (bicyclic) bond motifs is 2. The summed E-state index contributed by atoms with van der Waals surface area (Å²) in [5, 5.41) is 0. The topological polar surface area (TPSA) is 44.8 Å². The van der Waals surface area contributed by atoms with E-state index in [1.54, 1.807) is 0 Å². The molecule has 1 aliphatic heterocycles. The third-order valence-corrected chi connectivity index (χ3v) is 5.23. The number of para-hydroxylation sites is 2. The maximum absolute atomic E-state index is 13.0. The summed E-state index contributed by atoms with van der Waals surface area (Å²) in [5.74, 6) is 2.11. The molecule has 0 amide bonds. The van der Waals surface area contributed by atoms with Crippen molar-refractivity contribution < 1.29 is 19.0 Å². The summed E-state index contributed by atoms with van der Waals surface area (Å²) in [6.45, 7) is 2.99. The first-order chi connectivity index (χ1) is 14.8. The molecule has 0 saturated carbocycles. The van der Waals surface area contributed by atoms with E-state index >= 15 is 0 Å². The smallest absolute Gasteiger partial charge is 0.338 e. The molecule has 3 aromatic rings. The number of unbranched alkanes of at least 4 members (excludes halogenated alkanes) is 1. The Morgan fingerprint density at radius 2 is 1.73 bits per heavy atom. The highest BCUT2D eigenvalue weighted by Crippen LogP contribution is 2.39.